The Bertz CT molecular complexity index is 470. The van der Waals surface area contributed by atoms with E-state index in [-0.39, 0.29) is 18.6 Å². The number of rotatable bonds is 9. The lowest BCUT2D eigenvalue weighted by Crippen LogP contribution is -2.28. The molecule has 0 unspecified atom stereocenters. The molecule has 2 N–H and O–H groups in total. The van der Waals surface area contributed by atoms with Gasteiger partial charge in [0.1, 0.15) is 5.82 Å². The van der Waals surface area contributed by atoms with Crippen molar-refractivity contribution in [3.05, 3.63) is 18.2 Å². The van der Waals surface area contributed by atoms with E-state index in [4.69, 9.17) is 0 Å². The van der Waals surface area contributed by atoms with Gasteiger partial charge in [0, 0.05) is 31.8 Å². The van der Waals surface area contributed by atoms with Crippen LogP contribution in [-0.4, -0.2) is 43.8 Å². The minimum Gasteiger partial charge on any atom is -0.469 e. The number of sulfonamides is 1. The summed E-state index contributed by atoms with van der Waals surface area (Å²) in [6.07, 6.45) is 5.13. The summed E-state index contributed by atoms with van der Waals surface area (Å²) in [7, 11) is -2.03. The summed E-state index contributed by atoms with van der Waals surface area (Å²) in [4.78, 5) is 17.8. The molecule has 8 heteroatoms. The molecule has 1 rings (SSSR count). The summed E-state index contributed by atoms with van der Waals surface area (Å²) in [5.74, 6) is 0.376. The molecule has 19 heavy (non-hydrogen) atoms. The highest BCUT2D eigenvalue weighted by atomic mass is 32.2. The average molecular weight is 289 g/mol. The summed E-state index contributed by atoms with van der Waals surface area (Å²) in [5.41, 5.74) is 0. The van der Waals surface area contributed by atoms with Gasteiger partial charge in [-0.3, -0.25) is 4.79 Å². The summed E-state index contributed by atoms with van der Waals surface area (Å²) in [5, 5.41) is 0. The van der Waals surface area contributed by atoms with Gasteiger partial charge in [0.05, 0.1) is 12.9 Å². The number of aromatic nitrogens is 2. The second-order valence-electron chi connectivity index (χ2n) is 4.03. The smallest absolute Gasteiger partial charge is 0.305 e. The highest BCUT2D eigenvalue weighted by molar-refractivity contribution is 7.89. The van der Waals surface area contributed by atoms with E-state index in [0.717, 1.165) is 5.82 Å². The molecule has 0 saturated carbocycles. The van der Waals surface area contributed by atoms with Crippen molar-refractivity contribution >= 4 is 16.0 Å². The van der Waals surface area contributed by atoms with Crippen LogP contribution in [0.5, 0.6) is 0 Å². The number of hydrogen-bond donors (Lipinski definition) is 2. The van der Waals surface area contributed by atoms with Crippen LogP contribution in [0.15, 0.2) is 12.4 Å². The van der Waals surface area contributed by atoms with Crippen molar-refractivity contribution in [2.24, 2.45) is 0 Å². The number of aromatic amines is 1. The molecule has 108 valence electrons. The fourth-order valence-electron chi connectivity index (χ4n) is 1.50. The summed E-state index contributed by atoms with van der Waals surface area (Å²) < 4.78 is 30.1. The second kappa shape index (κ2) is 7.90. The van der Waals surface area contributed by atoms with Gasteiger partial charge < -0.3 is 9.72 Å². The number of ether oxygens (including phenoxy) is 1. The number of nitrogens with one attached hydrogen (secondary N) is 2. The van der Waals surface area contributed by atoms with Gasteiger partial charge in [-0.25, -0.2) is 18.1 Å². The molecule has 0 aliphatic heterocycles. The molecular weight excluding hydrogens is 270 g/mol. The fraction of sp³-hybridized carbons (Fsp3) is 0.636. The number of nitrogens with zero attached hydrogens (tertiary/aromatic N) is 1. The molecule has 1 aromatic rings. The van der Waals surface area contributed by atoms with Gasteiger partial charge in [-0.05, 0) is 12.8 Å². The Morgan fingerprint density at radius 3 is 2.89 bits per heavy atom. The van der Waals surface area contributed by atoms with Gasteiger partial charge in [-0.15, -0.1) is 0 Å². The molecule has 0 aliphatic carbocycles. The fourth-order valence-corrected chi connectivity index (χ4v) is 2.62. The van der Waals surface area contributed by atoms with Gasteiger partial charge in [0.25, 0.3) is 0 Å². The largest absolute Gasteiger partial charge is 0.469 e. The van der Waals surface area contributed by atoms with E-state index in [1.807, 2.05) is 0 Å². The van der Waals surface area contributed by atoms with Crippen molar-refractivity contribution < 1.29 is 17.9 Å². The Balaban J connectivity index is 2.14. The predicted octanol–water partition coefficient (Wildman–Crippen LogP) is 0.215. The number of H-pyrrole nitrogens is 1. The molecule has 0 aromatic carbocycles. The first-order chi connectivity index (χ1) is 9.03. The minimum absolute atomic E-state index is 0.0666. The molecule has 0 spiro atoms. The number of aryl methyl sites for hydroxylation is 1. The molecular formula is C11H19N3O4S. The summed E-state index contributed by atoms with van der Waals surface area (Å²) in [6.45, 7) is 0.362. The Morgan fingerprint density at radius 1 is 1.47 bits per heavy atom. The maximum atomic E-state index is 11.6. The van der Waals surface area contributed by atoms with Gasteiger partial charge in [-0.1, -0.05) is 0 Å². The lowest BCUT2D eigenvalue weighted by atomic mass is 10.3. The van der Waals surface area contributed by atoms with Gasteiger partial charge in [0.2, 0.25) is 10.0 Å². The van der Waals surface area contributed by atoms with Crippen molar-refractivity contribution in [1.82, 2.24) is 14.7 Å². The first-order valence-corrected chi connectivity index (χ1v) is 7.71. The number of methoxy groups -OCH3 is 1. The number of imidazole rings is 1. The highest BCUT2D eigenvalue weighted by Crippen LogP contribution is 1.98. The van der Waals surface area contributed by atoms with E-state index in [1.54, 1.807) is 12.4 Å². The Hall–Kier alpha value is -1.41. The lowest BCUT2D eigenvalue weighted by molar-refractivity contribution is -0.140. The standard InChI is InChI=1S/C11H19N3O4S/c1-18-11(15)5-3-9-19(16,17)14-6-2-4-10-12-7-8-13-10/h7-8,14H,2-6,9H2,1H3,(H,12,13). The maximum absolute atomic E-state index is 11.6. The molecule has 0 fully saturated rings. The number of hydrogen-bond acceptors (Lipinski definition) is 5. The first-order valence-electron chi connectivity index (χ1n) is 6.06. The van der Waals surface area contributed by atoms with Crippen LogP contribution in [0.2, 0.25) is 0 Å². The molecule has 0 aliphatic rings. The normalized spacial score (nSPS) is 11.4. The van der Waals surface area contributed by atoms with Crippen LogP contribution in [0, 0.1) is 0 Å². The van der Waals surface area contributed by atoms with Crippen LogP contribution in [-0.2, 0) is 26.0 Å². The quantitative estimate of drug-likeness (QED) is 0.500. The number of carbonyl (C=O) groups is 1. The average Bonchev–Trinajstić information content (AvgIpc) is 2.87. The van der Waals surface area contributed by atoms with E-state index >= 15 is 0 Å². The van der Waals surface area contributed by atoms with E-state index in [9.17, 15) is 13.2 Å². The zero-order chi connectivity index (χ0) is 14.1. The molecule has 1 heterocycles. The third kappa shape index (κ3) is 6.92. The van der Waals surface area contributed by atoms with E-state index in [2.05, 4.69) is 19.4 Å². The van der Waals surface area contributed by atoms with Crippen molar-refractivity contribution in [2.45, 2.75) is 25.7 Å². The second-order valence-corrected chi connectivity index (χ2v) is 5.96. The SMILES string of the molecule is COC(=O)CCCS(=O)(=O)NCCCc1ncc[nH]1. The topological polar surface area (TPSA) is 101 Å². The minimum atomic E-state index is -3.31. The van der Waals surface area contributed by atoms with Crippen LogP contribution in [0.25, 0.3) is 0 Å². The van der Waals surface area contributed by atoms with E-state index < -0.39 is 16.0 Å². The molecule has 0 atom stereocenters. The number of carbonyl (C=O) groups excluding carboxylic acids is 1. The molecule has 0 radical (unpaired) electrons. The van der Waals surface area contributed by atoms with Gasteiger partial charge in [-0.2, -0.15) is 0 Å². The number of esters is 1. The Morgan fingerprint density at radius 2 is 2.26 bits per heavy atom. The Labute approximate surface area is 112 Å². The van der Waals surface area contributed by atoms with Crippen molar-refractivity contribution in [3.63, 3.8) is 0 Å². The van der Waals surface area contributed by atoms with E-state index in [0.29, 0.717) is 19.4 Å². The Kier molecular flexibility index (Phi) is 6.51. The zero-order valence-corrected chi connectivity index (χ0v) is 11.7. The third-order valence-corrected chi connectivity index (χ3v) is 3.96. The van der Waals surface area contributed by atoms with Crippen molar-refractivity contribution in [1.29, 1.82) is 0 Å². The highest BCUT2D eigenvalue weighted by Gasteiger charge is 2.11. The van der Waals surface area contributed by atoms with Crippen LogP contribution < -0.4 is 4.72 Å². The van der Waals surface area contributed by atoms with Crippen LogP contribution >= 0.6 is 0 Å². The molecule has 0 bridgehead atoms. The monoisotopic (exact) mass is 289 g/mol. The van der Waals surface area contributed by atoms with Crippen LogP contribution in [0.3, 0.4) is 0 Å². The molecule has 7 nitrogen and oxygen atoms in total. The van der Waals surface area contributed by atoms with Gasteiger partial charge >= 0.3 is 5.97 Å². The summed E-state index contributed by atoms with van der Waals surface area (Å²) >= 11 is 0. The van der Waals surface area contributed by atoms with E-state index in [1.165, 1.54) is 7.11 Å². The summed E-state index contributed by atoms with van der Waals surface area (Å²) in [6, 6.07) is 0. The van der Waals surface area contributed by atoms with Crippen molar-refractivity contribution in [3.8, 4) is 0 Å². The first kappa shape index (κ1) is 15.6. The maximum Gasteiger partial charge on any atom is 0.305 e. The van der Waals surface area contributed by atoms with Crippen molar-refractivity contribution in [2.75, 3.05) is 19.4 Å². The third-order valence-electron chi connectivity index (χ3n) is 2.49. The molecule has 1 aromatic heterocycles. The molecule has 0 amide bonds. The van der Waals surface area contributed by atoms with Gasteiger partial charge in [0.15, 0.2) is 0 Å². The lowest BCUT2D eigenvalue weighted by Gasteiger charge is -2.05. The predicted molar refractivity (Wildman–Crippen MR) is 69.9 cm³/mol. The van der Waals surface area contributed by atoms with Crippen LogP contribution in [0.1, 0.15) is 25.1 Å². The van der Waals surface area contributed by atoms with Crippen LogP contribution in [0.4, 0.5) is 0 Å². The zero-order valence-electron chi connectivity index (χ0n) is 10.9. The molecule has 0 saturated heterocycles.